The van der Waals surface area contributed by atoms with Gasteiger partial charge >= 0.3 is 5.63 Å². The molecule has 2 aromatic carbocycles. The summed E-state index contributed by atoms with van der Waals surface area (Å²) in [6.07, 6.45) is 0.475. The second-order valence-electron chi connectivity index (χ2n) is 6.75. The average Bonchev–Trinajstić information content (AvgIpc) is 2.77. The fourth-order valence-electron chi connectivity index (χ4n) is 3.33. The van der Waals surface area contributed by atoms with Crippen molar-refractivity contribution in [3.8, 4) is 23.2 Å². The van der Waals surface area contributed by atoms with Crippen molar-refractivity contribution >= 4 is 11.1 Å². The van der Waals surface area contributed by atoms with Gasteiger partial charge in [0.1, 0.15) is 23.9 Å². The van der Waals surface area contributed by atoms with Gasteiger partial charge in [-0.05, 0) is 40.8 Å². The molecule has 154 valence electrons. The lowest BCUT2D eigenvalue weighted by atomic mass is 9.98. The first-order valence-corrected chi connectivity index (χ1v) is 9.48. The zero-order valence-corrected chi connectivity index (χ0v) is 16.4. The molecule has 4 aromatic rings. The number of rotatable bonds is 5. The maximum atomic E-state index is 13.7. The van der Waals surface area contributed by atoms with Crippen molar-refractivity contribution in [1.82, 2.24) is 9.97 Å². The molecular weight excluding hydrogens is 401 g/mol. The van der Waals surface area contributed by atoms with E-state index in [4.69, 9.17) is 14.4 Å². The van der Waals surface area contributed by atoms with Gasteiger partial charge < -0.3 is 9.15 Å². The highest BCUT2D eigenvalue weighted by Crippen LogP contribution is 2.26. The summed E-state index contributed by atoms with van der Waals surface area (Å²) in [5, 5.41) is 9.31. The summed E-state index contributed by atoms with van der Waals surface area (Å²) in [4.78, 5) is 30.9. The second kappa shape index (κ2) is 8.24. The molecule has 2 heterocycles. The highest BCUT2D eigenvalue weighted by Gasteiger charge is 2.14. The third-order valence-electron chi connectivity index (χ3n) is 4.84. The smallest absolute Gasteiger partial charge is 0.337 e. The van der Waals surface area contributed by atoms with Crippen molar-refractivity contribution in [2.45, 2.75) is 20.0 Å². The Morgan fingerprint density at radius 3 is 2.74 bits per heavy atom. The summed E-state index contributed by atoms with van der Waals surface area (Å²) in [6, 6.07) is 14.5. The zero-order valence-electron chi connectivity index (χ0n) is 16.4. The molecule has 4 rings (SSSR count). The number of hydrogen-bond acceptors (Lipinski definition) is 6. The fraction of sp³-hybridized carbons (Fsp3) is 0.130. The summed E-state index contributed by atoms with van der Waals surface area (Å²) in [5.74, 6) is -0.592. The largest absolute Gasteiger partial charge is 0.460 e. The van der Waals surface area contributed by atoms with Crippen LogP contribution in [0.2, 0.25) is 0 Å². The molecule has 8 heteroatoms. The van der Waals surface area contributed by atoms with Crippen LogP contribution in [0.4, 0.5) is 4.39 Å². The minimum Gasteiger partial charge on any atom is -0.460 e. The van der Waals surface area contributed by atoms with Crippen LogP contribution in [0.15, 0.2) is 62.5 Å². The predicted molar refractivity (Wildman–Crippen MR) is 111 cm³/mol. The van der Waals surface area contributed by atoms with Gasteiger partial charge in [-0.3, -0.25) is 9.78 Å². The van der Waals surface area contributed by atoms with Crippen LogP contribution >= 0.6 is 0 Å². The third-order valence-corrected chi connectivity index (χ3v) is 4.84. The molecule has 1 N–H and O–H groups in total. The van der Waals surface area contributed by atoms with E-state index < -0.39 is 17.0 Å². The molecule has 0 atom stereocenters. The van der Waals surface area contributed by atoms with E-state index in [1.807, 2.05) is 25.1 Å². The van der Waals surface area contributed by atoms with Crippen LogP contribution in [0.25, 0.3) is 22.2 Å². The summed E-state index contributed by atoms with van der Waals surface area (Å²) < 4.78 is 24.4. The first-order chi connectivity index (χ1) is 15.0. The number of aryl methyl sites for hydroxylation is 1. The lowest BCUT2D eigenvalue weighted by Gasteiger charge is -2.11. The highest BCUT2D eigenvalue weighted by molar-refractivity contribution is 5.75. The van der Waals surface area contributed by atoms with E-state index in [9.17, 15) is 14.0 Å². The molecule has 0 amide bonds. The lowest BCUT2D eigenvalue weighted by Crippen LogP contribution is -2.15. The van der Waals surface area contributed by atoms with E-state index in [1.165, 1.54) is 18.2 Å². The van der Waals surface area contributed by atoms with Crippen LogP contribution in [0.1, 0.15) is 23.6 Å². The van der Waals surface area contributed by atoms with Crippen LogP contribution < -0.4 is 15.9 Å². The Morgan fingerprint density at radius 1 is 1.16 bits per heavy atom. The highest BCUT2D eigenvalue weighted by atomic mass is 19.1. The molecular formula is C23H16FN3O4. The number of nitriles is 1. The van der Waals surface area contributed by atoms with Gasteiger partial charge in [0, 0.05) is 6.07 Å². The van der Waals surface area contributed by atoms with Gasteiger partial charge in [-0.15, -0.1) is 0 Å². The summed E-state index contributed by atoms with van der Waals surface area (Å²) >= 11 is 0. The first kappa shape index (κ1) is 20.0. The maximum Gasteiger partial charge on any atom is 0.337 e. The molecule has 0 saturated heterocycles. The molecule has 0 fully saturated rings. The van der Waals surface area contributed by atoms with Crippen LogP contribution in [0.5, 0.6) is 6.01 Å². The minimum absolute atomic E-state index is 0.0293. The molecule has 0 saturated carbocycles. The fourth-order valence-corrected chi connectivity index (χ4v) is 3.33. The van der Waals surface area contributed by atoms with Crippen LogP contribution in [0, 0.1) is 17.1 Å². The maximum absolute atomic E-state index is 13.7. The van der Waals surface area contributed by atoms with Gasteiger partial charge in [0.2, 0.25) is 5.71 Å². The van der Waals surface area contributed by atoms with Gasteiger partial charge in [0.25, 0.3) is 11.6 Å². The van der Waals surface area contributed by atoms with E-state index in [0.29, 0.717) is 17.5 Å². The number of nitrogens with one attached hydrogen (secondary N) is 1. The molecule has 2 aromatic heterocycles. The number of H-pyrrole nitrogens is 1. The van der Waals surface area contributed by atoms with Crippen LogP contribution in [-0.2, 0) is 13.0 Å². The van der Waals surface area contributed by atoms with E-state index in [1.54, 1.807) is 18.2 Å². The molecule has 7 nitrogen and oxygen atoms in total. The molecule has 0 spiro atoms. The number of benzene rings is 2. The van der Waals surface area contributed by atoms with E-state index in [0.717, 1.165) is 11.1 Å². The number of fused-ring (bicyclic) bond motifs is 1. The zero-order chi connectivity index (χ0) is 22.0. The molecule has 31 heavy (non-hydrogen) atoms. The Kier molecular flexibility index (Phi) is 5.33. The average molecular weight is 417 g/mol. The van der Waals surface area contributed by atoms with Crippen LogP contribution in [0.3, 0.4) is 0 Å². The SMILES string of the molecule is CCc1cc(=O)oc2nc(OCc3ccccc3-c3ccc(F)c(C#N)c3)[nH]c(=O)c12. The lowest BCUT2D eigenvalue weighted by molar-refractivity contribution is 0.280. The van der Waals surface area contributed by atoms with Crippen molar-refractivity contribution in [1.29, 1.82) is 5.26 Å². The van der Waals surface area contributed by atoms with Crippen molar-refractivity contribution in [3.63, 3.8) is 0 Å². The number of halogens is 1. The van der Waals surface area contributed by atoms with Gasteiger partial charge in [-0.1, -0.05) is 37.3 Å². The number of ether oxygens (including phenoxy) is 1. The van der Waals surface area contributed by atoms with Crippen LogP contribution in [-0.4, -0.2) is 9.97 Å². The Bertz CT molecular complexity index is 1450. The molecule has 0 bridgehead atoms. The molecule has 0 unspecified atom stereocenters. The van der Waals surface area contributed by atoms with E-state index >= 15 is 0 Å². The van der Waals surface area contributed by atoms with Crippen molar-refractivity contribution in [3.05, 3.63) is 91.8 Å². The molecule has 0 radical (unpaired) electrons. The Balaban J connectivity index is 1.68. The Morgan fingerprint density at radius 2 is 1.97 bits per heavy atom. The summed E-state index contributed by atoms with van der Waals surface area (Å²) in [7, 11) is 0. The number of aromatic nitrogens is 2. The Hall–Kier alpha value is -4.25. The summed E-state index contributed by atoms with van der Waals surface area (Å²) in [6.45, 7) is 1.85. The van der Waals surface area contributed by atoms with E-state index in [-0.39, 0.29) is 29.3 Å². The topological polar surface area (TPSA) is 109 Å². The second-order valence-corrected chi connectivity index (χ2v) is 6.75. The predicted octanol–water partition coefficient (Wildman–Crippen LogP) is 3.70. The normalized spacial score (nSPS) is 10.7. The van der Waals surface area contributed by atoms with Gasteiger partial charge in [0.15, 0.2) is 0 Å². The van der Waals surface area contributed by atoms with Gasteiger partial charge in [-0.2, -0.15) is 10.2 Å². The minimum atomic E-state index is -0.594. The third kappa shape index (κ3) is 3.94. The standard InChI is InChI=1S/C23H16FN3O4/c1-2-13-10-19(28)31-22-20(13)21(29)26-23(27-22)30-12-15-5-3-4-6-17(15)14-7-8-18(24)16(9-14)11-25/h3-10H,2,12H2,1H3,(H,26,27,29). The van der Waals surface area contributed by atoms with Crippen molar-refractivity contribution in [2.75, 3.05) is 0 Å². The summed E-state index contributed by atoms with van der Waals surface area (Å²) in [5.41, 5.74) is 1.45. The quantitative estimate of drug-likeness (QED) is 0.530. The van der Waals surface area contributed by atoms with E-state index in [2.05, 4.69) is 9.97 Å². The number of nitrogens with zero attached hydrogens (tertiary/aromatic N) is 2. The molecule has 0 aliphatic heterocycles. The van der Waals surface area contributed by atoms with Crippen molar-refractivity contribution in [2.24, 2.45) is 0 Å². The van der Waals surface area contributed by atoms with Crippen molar-refractivity contribution < 1.29 is 13.5 Å². The molecule has 0 aliphatic carbocycles. The number of hydrogen-bond donors (Lipinski definition) is 1. The van der Waals surface area contributed by atoms with Gasteiger partial charge in [-0.25, -0.2) is 9.18 Å². The Labute approximate surface area is 175 Å². The number of aromatic amines is 1. The molecule has 0 aliphatic rings. The monoisotopic (exact) mass is 417 g/mol. The first-order valence-electron chi connectivity index (χ1n) is 9.48. The van der Waals surface area contributed by atoms with Gasteiger partial charge in [0.05, 0.1) is 5.56 Å².